The van der Waals surface area contributed by atoms with Crippen LogP contribution in [-0.4, -0.2) is 26.7 Å². The number of para-hydroxylation sites is 1. The Balaban J connectivity index is 2.46. The van der Waals surface area contributed by atoms with Gasteiger partial charge in [0.2, 0.25) is 9.84 Å². The van der Waals surface area contributed by atoms with Crippen LogP contribution in [0.15, 0.2) is 75.5 Å². The van der Waals surface area contributed by atoms with Crippen LogP contribution < -0.4 is 5.32 Å². The van der Waals surface area contributed by atoms with Gasteiger partial charge in [0, 0.05) is 5.69 Å². The van der Waals surface area contributed by atoms with E-state index in [1.165, 1.54) is 12.1 Å². The first-order valence-corrected chi connectivity index (χ1v) is 10.5. The highest BCUT2D eigenvalue weighted by Gasteiger charge is 2.26. The van der Waals surface area contributed by atoms with Crippen LogP contribution in [0, 0.1) is 11.3 Å². The quantitative estimate of drug-likeness (QED) is 0.533. The lowest BCUT2D eigenvalue weighted by Gasteiger charge is -2.13. The number of rotatable bonds is 8. The fourth-order valence-electron chi connectivity index (χ4n) is 2.10. The molecule has 1 N–H and O–H groups in total. The maximum Gasteiger partial charge on any atom is 0.316 e. The molecule has 0 bridgehead atoms. The van der Waals surface area contributed by atoms with Gasteiger partial charge in [-0.15, -0.1) is 0 Å². The number of sulfone groups is 1. The number of ether oxygens (including phenoxy) is 1. The Morgan fingerprint density at radius 2 is 1.70 bits per heavy atom. The molecule has 0 spiro atoms. The largest absolute Gasteiger partial charge is 0.465 e. The van der Waals surface area contributed by atoms with Crippen molar-refractivity contribution in [2.45, 2.75) is 11.8 Å². The zero-order chi connectivity index (χ0) is 19.7. The number of nitrogens with zero attached hydrogens (tertiary/aromatic N) is 1. The average Bonchev–Trinajstić information content (AvgIpc) is 2.68. The monoisotopic (exact) mass is 402 g/mol. The summed E-state index contributed by atoms with van der Waals surface area (Å²) >= 11 is 0.911. The van der Waals surface area contributed by atoms with E-state index in [0.717, 1.165) is 11.8 Å². The first kappa shape index (κ1) is 20.6. The van der Waals surface area contributed by atoms with E-state index in [-0.39, 0.29) is 22.3 Å². The van der Waals surface area contributed by atoms with E-state index in [1.54, 1.807) is 55.5 Å². The lowest BCUT2D eigenvalue weighted by atomic mass is 10.3. The Labute approximate surface area is 162 Å². The molecular weight excluding hydrogens is 384 g/mol. The third kappa shape index (κ3) is 5.61. The molecule has 2 aromatic carbocycles. The third-order valence-electron chi connectivity index (χ3n) is 3.30. The fraction of sp³-hybridized carbons (Fsp3) is 0.158. The van der Waals surface area contributed by atoms with E-state index in [2.05, 4.69) is 5.32 Å². The zero-order valence-electron chi connectivity index (χ0n) is 14.6. The minimum Gasteiger partial charge on any atom is -0.465 e. The molecule has 0 aliphatic rings. The Hall–Kier alpha value is -2.76. The van der Waals surface area contributed by atoms with Crippen molar-refractivity contribution in [2.24, 2.45) is 0 Å². The minimum atomic E-state index is -4.05. The van der Waals surface area contributed by atoms with Crippen LogP contribution >= 0.6 is 11.8 Å². The number of nitriles is 1. The molecule has 0 unspecified atom stereocenters. The molecule has 0 saturated heterocycles. The SMILES string of the molecule is CCOC(=O)CSC(Nc1ccccc1)=C(C#N)S(=O)(=O)c1ccccc1. The van der Waals surface area contributed by atoms with Crippen molar-refractivity contribution in [3.05, 3.63) is 70.6 Å². The first-order chi connectivity index (χ1) is 13.0. The highest BCUT2D eigenvalue weighted by molar-refractivity contribution is 8.05. The second-order valence-corrected chi connectivity index (χ2v) is 8.04. The van der Waals surface area contributed by atoms with E-state index in [9.17, 15) is 18.5 Å². The summed E-state index contributed by atoms with van der Waals surface area (Å²) in [4.78, 5) is 11.3. The van der Waals surface area contributed by atoms with E-state index >= 15 is 0 Å². The lowest BCUT2D eigenvalue weighted by molar-refractivity contribution is -0.139. The second-order valence-electron chi connectivity index (χ2n) is 5.17. The maximum atomic E-state index is 12.9. The molecule has 0 aromatic heterocycles. The lowest BCUT2D eigenvalue weighted by Crippen LogP contribution is -2.13. The summed E-state index contributed by atoms with van der Waals surface area (Å²) in [6.45, 7) is 1.90. The topological polar surface area (TPSA) is 96.3 Å². The Kier molecular flexibility index (Phi) is 7.46. The zero-order valence-corrected chi connectivity index (χ0v) is 16.2. The molecule has 0 heterocycles. The maximum absolute atomic E-state index is 12.9. The van der Waals surface area contributed by atoms with E-state index in [4.69, 9.17) is 4.74 Å². The Morgan fingerprint density at radius 3 is 2.26 bits per heavy atom. The highest BCUT2D eigenvalue weighted by Crippen LogP contribution is 2.29. The molecule has 0 radical (unpaired) electrons. The molecule has 0 aliphatic carbocycles. The number of hydrogen-bond donors (Lipinski definition) is 1. The number of thioether (sulfide) groups is 1. The van der Waals surface area contributed by atoms with Crippen LogP contribution in [0.5, 0.6) is 0 Å². The van der Waals surface area contributed by atoms with Gasteiger partial charge in [-0.2, -0.15) is 5.26 Å². The van der Waals surface area contributed by atoms with Crippen molar-refractivity contribution in [3.8, 4) is 6.07 Å². The van der Waals surface area contributed by atoms with E-state index in [1.807, 2.05) is 6.07 Å². The van der Waals surface area contributed by atoms with Crippen LogP contribution in [0.2, 0.25) is 0 Å². The van der Waals surface area contributed by atoms with Gasteiger partial charge in [-0.3, -0.25) is 4.79 Å². The summed E-state index contributed by atoms with van der Waals surface area (Å²) in [7, 11) is -4.05. The highest BCUT2D eigenvalue weighted by atomic mass is 32.2. The molecule has 0 atom stereocenters. The second kappa shape index (κ2) is 9.80. The first-order valence-electron chi connectivity index (χ1n) is 8.04. The van der Waals surface area contributed by atoms with Gasteiger partial charge in [-0.25, -0.2) is 8.42 Å². The molecule has 0 aliphatic heterocycles. The smallest absolute Gasteiger partial charge is 0.316 e. The number of anilines is 1. The number of benzene rings is 2. The summed E-state index contributed by atoms with van der Waals surface area (Å²) < 4.78 is 30.7. The number of nitrogens with one attached hydrogen (secondary N) is 1. The molecule has 0 saturated carbocycles. The van der Waals surface area contributed by atoms with Gasteiger partial charge in [-0.1, -0.05) is 48.2 Å². The molecule has 0 amide bonds. The average molecular weight is 402 g/mol. The standard InChI is InChI=1S/C19H18N2O4S2/c1-2-25-18(22)14-26-19(21-15-9-5-3-6-10-15)17(13-20)27(23,24)16-11-7-4-8-12-16/h3-12,21H,2,14H2,1H3. The van der Waals surface area contributed by atoms with Crippen LogP contribution in [0.3, 0.4) is 0 Å². The van der Waals surface area contributed by atoms with Crippen LogP contribution in [0.4, 0.5) is 5.69 Å². The van der Waals surface area contributed by atoms with Crippen LogP contribution in [-0.2, 0) is 19.4 Å². The molecule has 8 heteroatoms. The third-order valence-corrected chi connectivity index (χ3v) is 6.13. The number of carbonyl (C=O) groups is 1. The van der Waals surface area contributed by atoms with Gasteiger partial charge < -0.3 is 10.1 Å². The molecule has 2 aromatic rings. The van der Waals surface area contributed by atoms with Crippen molar-refractivity contribution < 1.29 is 17.9 Å². The predicted octanol–water partition coefficient (Wildman–Crippen LogP) is 3.56. The van der Waals surface area contributed by atoms with Crippen molar-refractivity contribution in [1.82, 2.24) is 0 Å². The molecule has 140 valence electrons. The molecule has 0 fully saturated rings. The number of carbonyl (C=O) groups excluding carboxylic acids is 1. The summed E-state index contributed by atoms with van der Waals surface area (Å²) in [5.74, 6) is -0.623. The van der Waals surface area contributed by atoms with Gasteiger partial charge in [0.1, 0.15) is 11.1 Å². The summed E-state index contributed by atoms with van der Waals surface area (Å²) in [5, 5.41) is 12.6. The number of hydrogen-bond acceptors (Lipinski definition) is 7. The normalized spacial score (nSPS) is 11.9. The number of allylic oxidation sites excluding steroid dienone is 1. The molecular formula is C19H18N2O4S2. The van der Waals surface area contributed by atoms with Crippen molar-refractivity contribution in [2.75, 3.05) is 17.7 Å². The van der Waals surface area contributed by atoms with E-state index < -0.39 is 20.7 Å². The van der Waals surface area contributed by atoms with Crippen molar-refractivity contribution >= 4 is 33.3 Å². The van der Waals surface area contributed by atoms with Crippen molar-refractivity contribution in [3.63, 3.8) is 0 Å². The summed E-state index contributed by atoms with van der Waals surface area (Å²) in [5.41, 5.74) is 0.597. The van der Waals surface area contributed by atoms with Crippen LogP contribution in [0.1, 0.15) is 6.92 Å². The fourth-order valence-corrected chi connectivity index (χ4v) is 4.48. The van der Waals surface area contributed by atoms with Crippen molar-refractivity contribution in [1.29, 1.82) is 5.26 Å². The molecule has 27 heavy (non-hydrogen) atoms. The van der Waals surface area contributed by atoms with Crippen LogP contribution in [0.25, 0.3) is 0 Å². The Morgan fingerprint density at radius 1 is 1.11 bits per heavy atom. The predicted molar refractivity (Wildman–Crippen MR) is 105 cm³/mol. The molecule has 6 nitrogen and oxygen atoms in total. The van der Waals surface area contributed by atoms with Gasteiger partial charge in [0.05, 0.1) is 17.3 Å². The summed E-state index contributed by atoms with van der Waals surface area (Å²) in [6.07, 6.45) is 0. The van der Waals surface area contributed by atoms with Gasteiger partial charge in [0.25, 0.3) is 0 Å². The van der Waals surface area contributed by atoms with Gasteiger partial charge in [0.15, 0.2) is 4.91 Å². The minimum absolute atomic E-state index is 0.00523. The van der Waals surface area contributed by atoms with E-state index in [0.29, 0.717) is 5.69 Å². The van der Waals surface area contributed by atoms with Gasteiger partial charge >= 0.3 is 5.97 Å². The van der Waals surface area contributed by atoms with Gasteiger partial charge in [-0.05, 0) is 31.2 Å². The Bertz CT molecular complexity index is 950. The summed E-state index contributed by atoms with van der Waals surface area (Å²) in [6, 6.07) is 18.3. The number of esters is 1. The molecule has 2 rings (SSSR count).